The molecule has 1 aromatic rings. The van der Waals surface area contributed by atoms with Crippen LogP contribution in [0.25, 0.3) is 0 Å². The normalized spacial score (nSPS) is 18.0. The second kappa shape index (κ2) is 10.4. The number of piperidine rings is 1. The number of nitrogens with zero attached hydrogens (tertiary/aromatic N) is 2. The molecule has 0 spiro atoms. The van der Waals surface area contributed by atoms with Gasteiger partial charge in [-0.3, -0.25) is 0 Å². The van der Waals surface area contributed by atoms with Crippen molar-refractivity contribution in [1.29, 1.82) is 0 Å². The van der Waals surface area contributed by atoms with Crippen LogP contribution in [0.5, 0.6) is 5.75 Å². The molecular formula is C19H33N3O4S. The number of rotatable bonds is 10. The summed E-state index contributed by atoms with van der Waals surface area (Å²) in [5.41, 5.74) is 3.41. The van der Waals surface area contributed by atoms with Crippen LogP contribution in [0, 0.1) is 0 Å². The minimum atomic E-state index is -3.41. The molecule has 1 aliphatic rings. The number of hydrogen-bond donors (Lipinski definition) is 2. The van der Waals surface area contributed by atoms with Gasteiger partial charge in [-0.2, -0.15) is 0 Å². The lowest BCUT2D eigenvalue weighted by molar-refractivity contribution is 0.111. The molecule has 1 atom stereocenters. The molecule has 8 heteroatoms. The van der Waals surface area contributed by atoms with Crippen molar-refractivity contribution in [1.82, 2.24) is 14.7 Å². The smallest absolute Gasteiger partial charge is 0.215 e. The van der Waals surface area contributed by atoms with Crippen LogP contribution in [0.4, 0.5) is 0 Å². The van der Waals surface area contributed by atoms with Crippen molar-refractivity contribution < 1.29 is 18.4 Å². The van der Waals surface area contributed by atoms with E-state index >= 15 is 0 Å². The number of methoxy groups -OCH3 is 1. The third kappa shape index (κ3) is 6.15. The first-order valence-corrected chi connectivity index (χ1v) is 11.3. The zero-order valence-electron chi connectivity index (χ0n) is 16.6. The molecule has 0 bridgehead atoms. The molecule has 27 heavy (non-hydrogen) atoms. The van der Waals surface area contributed by atoms with E-state index in [9.17, 15) is 13.6 Å². The van der Waals surface area contributed by atoms with Gasteiger partial charge >= 0.3 is 0 Å². The number of hydroxylamine groups is 1. The molecule has 2 N–H and O–H groups in total. The third-order valence-corrected chi connectivity index (χ3v) is 7.38. The Morgan fingerprint density at radius 2 is 1.81 bits per heavy atom. The van der Waals surface area contributed by atoms with Crippen molar-refractivity contribution in [2.24, 2.45) is 0 Å². The molecular weight excluding hydrogens is 366 g/mol. The molecule has 2 rings (SSSR count). The first-order chi connectivity index (χ1) is 12.9. The lowest BCUT2D eigenvalue weighted by Gasteiger charge is -2.33. The minimum Gasteiger partial charge on any atom is -0.497 e. The van der Waals surface area contributed by atoms with E-state index in [0.717, 1.165) is 31.7 Å². The number of hydrogen-bond acceptors (Lipinski definition) is 6. The number of likely N-dealkylation sites (N-methyl/N-ethyl adjacent to an activating group) is 1. The summed E-state index contributed by atoms with van der Waals surface area (Å²) < 4.78 is 32.3. The minimum absolute atomic E-state index is 0.0901. The standard InChI is InChI=1S/C19H33N3O4S/c1-4-21(5-2)14-18(20-23)15-27(24,25)22-12-10-17(11-13-22)16-6-8-19(26-3)9-7-16/h6-9,17-18,20,23H,4-5,10-15H2,1-3H3. The van der Waals surface area contributed by atoms with E-state index < -0.39 is 16.1 Å². The van der Waals surface area contributed by atoms with E-state index in [1.165, 1.54) is 5.56 Å². The number of ether oxygens (including phenoxy) is 1. The number of nitrogens with one attached hydrogen (secondary N) is 1. The average molecular weight is 400 g/mol. The lowest BCUT2D eigenvalue weighted by Crippen LogP contribution is -2.48. The highest BCUT2D eigenvalue weighted by Gasteiger charge is 2.31. The van der Waals surface area contributed by atoms with Crippen molar-refractivity contribution >= 4 is 10.0 Å². The Morgan fingerprint density at radius 1 is 1.22 bits per heavy atom. The first-order valence-electron chi connectivity index (χ1n) is 9.67. The fourth-order valence-electron chi connectivity index (χ4n) is 3.63. The third-order valence-electron chi connectivity index (χ3n) is 5.40. The fourth-order valence-corrected chi connectivity index (χ4v) is 5.29. The summed E-state index contributed by atoms with van der Waals surface area (Å²) in [4.78, 5) is 2.10. The van der Waals surface area contributed by atoms with Crippen LogP contribution in [0.1, 0.15) is 38.2 Å². The predicted molar refractivity (Wildman–Crippen MR) is 107 cm³/mol. The van der Waals surface area contributed by atoms with Crippen LogP contribution in [0.15, 0.2) is 24.3 Å². The first kappa shape index (κ1) is 22.1. The highest BCUT2D eigenvalue weighted by molar-refractivity contribution is 7.89. The lowest BCUT2D eigenvalue weighted by atomic mass is 9.90. The summed E-state index contributed by atoms with van der Waals surface area (Å²) in [5.74, 6) is 1.10. The maximum Gasteiger partial charge on any atom is 0.215 e. The summed E-state index contributed by atoms with van der Waals surface area (Å²) >= 11 is 0. The van der Waals surface area contributed by atoms with Crippen LogP contribution in [-0.2, 0) is 10.0 Å². The van der Waals surface area contributed by atoms with Gasteiger partial charge in [-0.15, -0.1) is 0 Å². The van der Waals surface area contributed by atoms with Gasteiger partial charge in [0.25, 0.3) is 0 Å². The van der Waals surface area contributed by atoms with Gasteiger partial charge < -0.3 is 14.8 Å². The molecule has 1 unspecified atom stereocenters. The molecule has 1 heterocycles. The van der Waals surface area contributed by atoms with Crippen LogP contribution in [0.2, 0.25) is 0 Å². The summed E-state index contributed by atoms with van der Waals surface area (Å²) in [6, 6.07) is 7.52. The monoisotopic (exact) mass is 399 g/mol. The van der Waals surface area contributed by atoms with Crippen molar-refractivity contribution in [3.63, 3.8) is 0 Å². The number of sulfonamides is 1. The second-order valence-corrected chi connectivity index (χ2v) is 9.05. The molecule has 1 fully saturated rings. The van der Waals surface area contributed by atoms with Gasteiger partial charge in [-0.1, -0.05) is 26.0 Å². The Kier molecular flexibility index (Phi) is 8.50. The Labute approximate surface area is 163 Å². The van der Waals surface area contributed by atoms with E-state index in [1.54, 1.807) is 11.4 Å². The highest BCUT2D eigenvalue weighted by Crippen LogP contribution is 2.30. The van der Waals surface area contributed by atoms with Crippen molar-refractivity contribution in [2.45, 2.75) is 38.6 Å². The van der Waals surface area contributed by atoms with Gasteiger partial charge in [0.05, 0.1) is 18.9 Å². The molecule has 1 aliphatic heterocycles. The Morgan fingerprint density at radius 3 is 2.30 bits per heavy atom. The largest absolute Gasteiger partial charge is 0.497 e. The van der Waals surface area contributed by atoms with Crippen molar-refractivity contribution in [2.75, 3.05) is 45.6 Å². The molecule has 1 saturated heterocycles. The summed E-state index contributed by atoms with van der Waals surface area (Å²) in [5, 5.41) is 9.39. The van der Waals surface area contributed by atoms with Gasteiger partial charge in [0, 0.05) is 19.6 Å². The summed E-state index contributed by atoms with van der Waals surface area (Å²) in [6.45, 7) is 7.23. The van der Waals surface area contributed by atoms with E-state index in [-0.39, 0.29) is 5.75 Å². The second-order valence-electron chi connectivity index (χ2n) is 7.04. The summed E-state index contributed by atoms with van der Waals surface area (Å²) in [7, 11) is -1.76. The van der Waals surface area contributed by atoms with E-state index in [0.29, 0.717) is 25.6 Å². The SMILES string of the molecule is CCN(CC)CC(CS(=O)(=O)N1CCC(c2ccc(OC)cc2)CC1)NO. The van der Waals surface area contributed by atoms with Crippen molar-refractivity contribution in [3.05, 3.63) is 29.8 Å². The Hall–Kier alpha value is -1.19. The predicted octanol–water partition coefficient (Wildman–Crippen LogP) is 1.89. The van der Waals surface area contributed by atoms with Gasteiger partial charge in [-0.05, 0) is 49.5 Å². The quantitative estimate of drug-likeness (QED) is 0.585. The molecule has 1 aromatic carbocycles. The topological polar surface area (TPSA) is 82.1 Å². The zero-order chi connectivity index (χ0) is 19.9. The van der Waals surface area contributed by atoms with Crippen LogP contribution < -0.4 is 10.2 Å². The molecule has 0 radical (unpaired) electrons. The average Bonchev–Trinajstić information content (AvgIpc) is 2.71. The van der Waals surface area contributed by atoms with Crippen molar-refractivity contribution in [3.8, 4) is 5.75 Å². The van der Waals surface area contributed by atoms with Crippen LogP contribution in [-0.4, -0.2) is 74.5 Å². The fraction of sp³-hybridized carbons (Fsp3) is 0.684. The molecule has 7 nitrogen and oxygen atoms in total. The van der Waals surface area contributed by atoms with Gasteiger partial charge in [0.2, 0.25) is 10.0 Å². The van der Waals surface area contributed by atoms with E-state index in [2.05, 4.69) is 22.5 Å². The maximum absolute atomic E-state index is 12.8. The summed E-state index contributed by atoms with van der Waals surface area (Å²) in [6.07, 6.45) is 1.61. The highest BCUT2D eigenvalue weighted by atomic mass is 32.2. The Bertz CT molecular complexity index is 654. The van der Waals surface area contributed by atoms with Crippen LogP contribution in [0.3, 0.4) is 0 Å². The van der Waals surface area contributed by atoms with Gasteiger partial charge in [0.15, 0.2) is 0 Å². The van der Waals surface area contributed by atoms with E-state index in [4.69, 9.17) is 4.74 Å². The maximum atomic E-state index is 12.8. The van der Waals surface area contributed by atoms with Gasteiger partial charge in [-0.25, -0.2) is 18.2 Å². The molecule has 0 amide bonds. The van der Waals surface area contributed by atoms with Gasteiger partial charge in [0.1, 0.15) is 5.75 Å². The van der Waals surface area contributed by atoms with E-state index in [1.807, 2.05) is 26.0 Å². The Balaban J connectivity index is 1.92. The number of benzene rings is 1. The molecule has 0 aliphatic carbocycles. The molecule has 154 valence electrons. The molecule has 0 aromatic heterocycles. The zero-order valence-corrected chi connectivity index (χ0v) is 17.4. The molecule has 0 saturated carbocycles. The van der Waals surface area contributed by atoms with Crippen LogP contribution >= 0.6 is 0 Å².